The third-order valence-corrected chi connectivity index (χ3v) is 5.18. The minimum Gasteiger partial charge on any atom is -0.481 e. The van der Waals surface area contributed by atoms with Crippen molar-refractivity contribution in [1.29, 1.82) is 0 Å². The van der Waals surface area contributed by atoms with Gasteiger partial charge in [-0.15, -0.1) is 0 Å². The smallest absolute Gasteiger partial charge is 0.349 e. The van der Waals surface area contributed by atoms with Crippen molar-refractivity contribution in [3.8, 4) is 22.6 Å². The van der Waals surface area contributed by atoms with Crippen LogP contribution in [0.15, 0.2) is 95.5 Å². The van der Waals surface area contributed by atoms with Crippen LogP contribution < -0.4 is 9.47 Å². The standard InChI is InChI=1S/C24H17BrO3/c25-24-21-9-5-4-8-19(21)12-15-22(24)27-16-23(26)28-20-13-10-18(11-14-20)17-6-2-1-3-7-17/h1-15H,16H2. The predicted molar refractivity (Wildman–Crippen MR) is 115 cm³/mol. The third kappa shape index (κ3) is 4.07. The molecule has 3 nitrogen and oxygen atoms in total. The molecule has 0 saturated carbocycles. The Balaban J connectivity index is 1.39. The van der Waals surface area contributed by atoms with Crippen molar-refractivity contribution in [2.24, 2.45) is 0 Å². The number of hydrogen-bond acceptors (Lipinski definition) is 3. The maximum Gasteiger partial charge on any atom is 0.349 e. The average molecular weight is 433 g/mol. The summed E-state index contributed by atoms with van der Waals surface area (Å²) in [5.74, 6) is 0.647. The van der Waals surface area contributed by atoms with Crippen molar-refractivity contribution in [3.05, 3.63) is 95.5 Å². The van der Waals surface area contributed by atoms with Crippen molar-refractivity contribution in [2.45, 2.75) is 0 Å². The second-order valence-corrected chi connectivity index (χ2v) is 7.04. The van der Waals surface area contributed by atoms with Gasteiger partial charge in [0.25, 0.3) is 0 Å². The highest BCUT2D eigenvalue weighted by atomic mass is 79.9. The van der Waals surface area contributed by atoms with Crippen LogP contribution >= 0.6 is 15.9 Å². The summed E-state index contributed by atoms with van der Waals surface area (Å²) in [6.45, 7) is -0.169. The Labute approximate surface area is 171 Å². The molecule has 0 aliphatic rings. The second kappa shape index (κ2) is 8.28. The molecule has 0 aliphatic heterocycles. The summed E-state index contributed by atoms with van der Waals surface area (Å²) in [5.41, 5.74) is 2.18. The quantitative estimate of drug-likeness (QED) is 0.276. The van der Waals surface area contributed by atoms with E-state index in [-0.39, 0.29) is 6.61 Å². The summed E-state index contributed by atoms with van der Waals surface area (Å²) in [6, 6.07) is 29.2. The normalized spacial score (nSPS) is 10.6. The SMILES string of the molecule is O=C(COc1ccc2ccccc2c1Br)Oc1ccc(-c2ccccc2)cc1. The molecule has 0 atom stereocenters. The Hall–Kier alpha value is -3.11. The number of benzene rings is 4. The molecular formula is C24H17BrO3. The molecule has 0 unspecified atom stereocenters. The molecule has 0 fully saturated rings. The molecule has 28 heavy (non-hydrogen) atoms. The Morgan fingerprint density at radius 1 is 0.750 bits per heavy atom. The first-order chi connectivity index (χ1) is 13.7. The molecule has 138 valence electrons. The molecule has 0 N–H and O–H groups in total. The van der Waals surface area contributed by atoms with Gasteiger partial charge in [0.05, 0.1) is 4.47 Å². The first kappa shape index (κ1) is 18.3. The number of fused-ring (bicyclic) bond motifs is 1. The molecule has 0 aliphatic carbocycles. The zero-order chi connectivity index (χ0) is 19.3. The van der Waals surface area contributed by atoms with Gasteiger partial charge >= 0.3 is 5.97 Å². The van der Waals surface area contributed by atoms with E-state index in [0.29, 0.717) is 11.5 Å². The predicted octanol–water partition coefficient (Wildman–Crippen LogP) is 6.25. The minimum atomic E-state index is -0.451. The average Bonchev–Trinajstić information content (AvgIpc) is 2.75. The summed E-state index contributed by atoms with van der Waals surface area (Å²) in [6.07, 6.45) is 0. The topological polar surface area (TPSA) is 35.5 Å². The van der Waals surface area contributed by atoms with Crippen LogP contribution in [0.1, 0.15) is 0 Å². The van der Waals surface area contributed by atoms with Crippen LogP contribution in [-0.2, 0) is 4.79 Å². The molecule has 4 rings (SSSR count). The Kier molecular flexibility index (Phi) is 5.40. The van der Waals surface area contributed by atoms with Crippen molar-refractivity contribution in [3.63, 3.8) is 0 Å². The van der Waals surface area contributed by atoms with E-state index in [2.05, 4.69) is 15.9 Å². The summed E-state index contributed by atoms with van der Waals surface area (Å²) < 4.78 is 11.9. The first-order valence-corrected chi connectivity index (χ1v) is 9.66. The van der Waals surface area contributed by atoms with Gasteiger partial charge in [-0.05, 0) is 56.0 Å². The summed E-state index contributed by atoms with van der Waals surface area (Å²) >= 11 is 3.55. The molecule has 4 aromatic rings. The van der Waals surface area contributed by atoms with E-state index in [4.69, 9.17) is 9.47 Å². The van der Waals surface area contributed by atoms with Gasteiger partial charge in [-0.3, -0.25) is 0 Å². The molecule has 4 heteroatoms. The van der Waals surface area contributed by atoms with E-state index >= 15 is 0 Å². The van der Waals surface area contributed by atoms with Gasteiger partial charge in [0, 0.05) is 0 Å². The van der Waals surface area contributed by atoms with Crippen molar-refractivity contribution in [2.75, 3.05) is 6.61 Å². The van der Waals surface area contributed by atoms with Gasteiger partial charge in [-0.1, -0.05) is 72.8 Å². The lowest BCUT2D eigenvalue weighted by Crippen LogP contribution is -2.17. The molecule has 0 aromatic heterocycles. The number of ether oxygens (including phenoxy) is 2. The number of carbonyl (C=O) groups excluding carboxylic acids is 1. The van der Waals surface area contributed by atoms with Crippen molar-refractivity contribution < 1.29 is 14.3 Å². The van der Waals surface area contributed by atoms with Crippen molar-refractivity contribution >= 4 is 32.7 Å². The van der Waals surface area contributed by atoms with Crippen LogP contribution in [0.4, 0.5) is 0 Å². The van der Waals surface area contributed by atoms with Gasteiger partial charge < -0.3 is 9.47 Å². The number of halogens is 1. The fourth-order valence-electron chi connectivity index (χ4n) is 2.97. The minimum absolute atomic E-state index is 0.169. The lowest BCUT2D eigenvalue weighted by molar-refractivity contribution is -0.136. The third-order valence-electron chi connectivity index (χ3n) is 4.37. The molecular weight excluding hydrogens is 416 g/mol. The lowest BCUT2D eigenvalue weighted by atomic mass is 10.1. The van der Waals surface area contributed by atoms with E-state index in [0.717, 1.165) is 26.4 Å². The van der Waals surface area contributed by atoms with Crippen LogP contribution in [-0.4, -0.2) is 12.6 Å². The fraction of sp³-hybridized carbons (Fsp3) is 0.0417. The number of carbonyl (C=O) groups is 1. The van der Waals surface area contributed by atoms with E-state index in [1.807, 2.05) is 78.9 Å². The van der Waals surface area contributed by atoms with Gasteiger partial charge in [-0.2, -0.15) is 0 Å². The van der Waals surface area contributed by atoms with Gasteiger partial charge in [0.15, 0.2) is 6.61 Å². The van der Waals surface area contributed by atoms with Crippen LogP contribution in [0.3, 0.4) is 0 Å². The lowest BCUT2D eigenvalue weighted by Gasteiger charge is -2.10. The van der Waals surface area contributed by atoms with Crippen LogP contribution in [0.2, 0.25) is 0 Å². The number of rotatable bonds is 5. The largest absolute Gasteiger partial charge is 0.481 e. The number of esters is 1. The monoisotopic (exact) mass is 432 g/mol. The van der Waals surface area contributed by atoms with E-state index in [1.54, 1.807) is 12.1 Å². The molecule has 4 aromatic carbocycles. The van der Waals surface area contributed by atoms with Crippen molar-refractivity contribution in [1.82, 2.24) is 0 Å². The fourth-order valence-corrected chi connectivity index (χ4v) is 3.58. The van der Waals surface area contributed by atoms with E-state index < -0.39 is 5.97 Å². The molecule has 0 heterocycles. The van der Waals surface area contributed by atoms with Crippen LogP contribution in [0.25, 0.3) is 21.9 Å². The Bertz CT molecular complexity index is 1110. The van der Waals surface area contributed by atoms with Gasteiger partial charge in [0.2, 0.25) is 0 Å². The summed E-state index contributed by atoms with van der Waals surface area (Å²) in [4.78, 5) is 12.2. The highest BCUT2D eigenvalue weighted by Crippen LogP contribution is 2.33. The molecule has 0 spiro atoms. The zero-order valence-corrected chi connectivity index (χ0v) is 16.6. The molecule has 0 amide bonds. The summed E-state index contributed by atoms with van der Waals surface area (Å²) in [5, 5.41) is 2.13. The van der Waals surface area contributed by atoms with Crippen LogP contribution in [0.5, 0.6) is 11.5 Å². The maximum absolute atomic E-state index is 12.2. The first-order valence-electron chi connectivity index (χ1n) is 8.87. The number of hydrogen-bond donors (Lipinski definition) is 0. The Morgan fingerprint density at radius 3 is 2.21 bits per heavy atom. The maximum atomic E-state index is 12.2. The van der Waals surface area contributed by atoms with Gasteiger partial charge in [-0.25, -0.2) is 4.79 Å². The zero-order valence-electron chi connectivity index (χ0n) is 15.0. The van der Waals surface area contributed by atoms with Crippen LogP contribution in [0, 0.1) is 0 Å². The summed E-state index contributed by atoms with van der Waals surface area (Å²) in [7, 11) is 0. The highest BCUT2D eigenvalue weighted by Gasteiger charge is 2.10. The Morgan fingerprint density at radius 2 is 1.43 bits per heavy atom. The molecule has 0 bridgehead atoms. The second-order valence-electron chi connectivity index (χ2n) is 6.25. The van der Waals surface area contributed by atoms with E-state index in [1.165, 1.54) is 0 Å². The van der Waals surface area contributed by atoms with Gasteiger partial charge in [0.1, 0.15) is 11.5 Å². The molecule has 0 saturated heterocycles. The molecule has 0 radical (unpaired) electrons. The highest BCUT2D eigenvalue weighted by molar-refractivity contribution is 9.10. The van der Waals surface area contributed by atoms with E-state index in [9.17, 15) is 4.79 Å².